The zero-order chi connectivity index (χ0) is 30.7. The molecule has 13 nitrogen and oxygen atoms in total. The Bertz CT molecular complexity index is 1220. The Labute approximate surface area is 240 Å². The van der Waals surface area contributed by atoms with Crippen molar-refractivity contribution in [3.63, 3.8) is 0 Å². The number of carbonyl (C=O) groups excluding carboxylic acids is 4. The lowest BCUT2D eigenvalue weighted by molar-refractivity contribution is -0.214. The second kappa shape index (κ2) is 11.2. The molecule has 11 unspecified atom stereocenters. The number of esters is 4. The number of hydrogen-bond donors (Lipinski definition) is 1. The Morgan fingerprint density at radius 3 is 2.31 bits per heavy atom. The predicted molar refractivity (Wildman–Crippen MR) is 132 cm³/mol. The van der Waals surface area contributed by atoms with E-state index in [4.69, 9.17) is 28.2 Å². The third kappa shape index (κ3) is 5.62. The first kappa shape index (κ1) is 31.0. The van der Waals surface area contributed by atoms with Crippen molar-refractivity contribution in [1.29, 1.82) is 0 Å². The molecule has 3 aliphatic heterocycles. The van der Waals surface area contributed by atoms with Gasteiger partial charge in [0.1, 0.15) is 24.0 Å². The lowest BCUT2D eigenvalue weighted by Crippen LogP contribution is -2.49. The molecule has 0 aromatic rings. The average Bonchev–Trinajstić information content (AvgIpc) is 3.69. The Hall–Kier alpha value is -2.43. The molecule has 0 spiro atoms. The van der Waals surface area contributed by atoms with Crippen LogP contribution in [-0.4, -0.2) is 85.0 Å². The highest BCUT2D eigenvalue weighted by molar-refractivity contribution is 7.86. The van der Waals surface area contributed by atoms with Gasteiger partial charge < -0.3 is 28.4 Å². The number of rotatable bonds is 12. The molecule has 5 fully saturated rings. The van der Waals surface area contributed by atoms with Crippen molar-refractivity contribution in [2.24, 2.45) is 29.6 Å². The molecular weight excluding hydrogens is 590 g/mol. The Kier molecular flexibility index (Phi) is 8.30. The van der Waals surface area contributed by atoms with Gasteiger partial charge in [0.15, 0.2) is 18.3 Å². The Morgan fingerprint density at radius 2 is 1.71 bits per heavy atom. The van der Waals surface area contributed by atoms with Crippen LogP contribution in [0, 0.1) is 29.6 Å². The maximum Gasteiger partial charge on any atom is 0.405 e. The molecule has 3 saturated heterocycles. The quantitative estimate of drug-likeness (QED) is 0.144. The van der Waals surface area contributed by atoms with Crippen LogP contribution in [0.2, 0.25) is 0 Å². The van der Waals surface area contributed by atoms with E-state index in [2.05, 4.69) is 4.74 Å². The second-order valence-corrected chi connectivity index (χ2v) is 13.5. The maximum atomic E-state index is 13.6. The SMILES string of the molecule is CC(C)C(OC(=O)C1C2OC3C(OC(=O)C31)C2OC(=O)CCC(=O)OC(C)C(F)(F)S(=O)(=O)O)OC1CC2CCC1C2. The first-order valence-corrected chi connectivity index (χ1v) is 15.5. The summed E-state index contributed by atoms with van der Waals surface area (Å²) in [7, 11) is -5.85. The summed E-state index contributed by atoms with van der Waals surface area (Å²) in [6.07, 6.45) is -4.65. The summed E-state index contributed by atoms with van der Waals surface area (Å²) >= 11 is 0. The smallest absolute Gasteiger partial charge is 0.405 e. The molecular formula is C26H34F2O13S. The molecule has 4 bridgehead atoms. The molecule has 2 aliphatic carbocycles. The van der Waals surface area contributed by atoms with Crippen LogP contribution in [0.5, 0.6) is 0 Å². The maximum absolute atomic E-state index is 13.6. The normalized spacial score (nSPS) is 36.2. The van der Waals surface area contributed by atoms with Crippen molar-refractivity contribution < 1.29 is 69.4 Å². The molecule has 3 heterocycles. The summed E-state index contributed by atoms with van der Waals surface area (Å²) in [5, 5.41) is -4.76. The molecule has 0 amide bonds. The summed E-state index contributed by atoms with van der Waals surface area (Å²) < 4.78 is 90.3. The van der Waals surface area contributed by atoms with Crippen LogP contribution < -0.4 is 0 Å². The fourth-order valence-electron chi connectivity index (χ4n) is 6.73. The molecule has 2 saturated carbocycles. The van der Waals surface area contributed by atoms with Crippen molar-refractivity contribution >= 4 is 34.0 Å². The summed E-state index contributed by atoms with van der Waals surface area (Å²) in [4.78, 5) is 50.5. The molecule has 236 valence electrons. The summed E-state index contributed by atoms with van der Waals surface area (Å²) in [5.41, 5.74) is 0. The van der Waals surface area contributed by atoms with Crippen LogP contribution in [0.1, 0.15) is 59.3 Å². The number of alkyl halides is 2. The lowest BCUT2D eigenvalue weighted by atomic mass is 9.78. The van der Waals surface area contributed by atoms with E-state index < -0.39 is 101 Å². The predicted octanol–water partition coefficient (Wildman–Crippen LogP) is 1.76. The van der Waals surface area contributed by atoms with Crippen molar-refractivity contribution in [1.82, 2.24) is 0 Å². The van der Waals surface area contributed by atoms with Gasteiger partial charge in [-0.2, -0.15) is 17.2 Å². The number of hydrogen-bond acceptors (Lipinski definition) is 12. The zero-order valence-electron chi connectivity index (χ0n) is 23.2. The zero-order valence-corrected chi connectivity index (χ0v) is 24.0. The molecule has 11 atom stereocenters. The monoisotopic (exact) mass is 624 g/mol. The van der Waals surface area contributed by atoms with Crippen LogP contribution >= 0.6 is 0 Å². The number of fused-ring (bicyclic) bond motifs is 3. The van der Waals surface area contributed by atoms with Crippen LogP contribution in [0.25, 0.3) is 0 Å². The van der Waals surface area contributed by atoms with Gasteiger partial charge in [-0.25, -0.2) is 0 Å². The summed E-state index contributed by atoms with van der Waals surface area (Å²) in [6.45, 7) is 4.26. The summed E-state index contributed by atoms with van der Waals surface area (Å²) in [5.74, 6) is -5.00. The molecule has 0 aromatic carbocycles. The van der Waals surface area contributed by atoms with Gasteiger partial charge in [-0.3, -0.25) is 23.7 Å². The van der Waals surface area contributed by atoms with E-state index in [-0.39, 0.29) is 12.0 Å². The molecule has 0 aromatic heterocycles. The van der Waals surface area contributed by atoms with Crippen molar-refractivity contribution in [2.45, 2.75) is 107 Å². The van der Waals surface area contributed by atoms with Crippen molar-refractivity contribution in [3.05, 3.63) is 0 Å². The van der Waals surface area contributed by atoms with E-state index in [9.17, 15) is 36.4 Å². The van der Waals surface area contributed by atoms with Crippen LogP contribution in [0.3, 0.4) is 0 Å². The first-order valence-electron chi connectivity index (χ1n) is 14.0. The highest BCUT2D eigenvalue weighted by atomic mass is 32.2. The number of carbonyl (C=O) groups is 4. The Morgan fingerprint density at radius 1 is 1.02 bits per heavy atom. The van der Waals surface area contributed by atoms with Gasteiger partial charge in [0, 0.05) is 5.92 Å². The van der Waals surface area contributed by atoms with Crippen LogP contribution in [-0.2, 0) is 57.7 Å². The standard InChI is InChI=1S/C26H34F2O13S/c1-10(2)25(37-14-9-12-4-5-13(14)8-12)41-24(32)18-17-20-22(40-23(17)31)21(19(18)39-20)38-16(30)7-6-15(29)36-11(3)26(27,28)42(33,34)35/h10-14,17-22,25H,4-9H2,1-3H3,(H,33,34,35). The van der Waals surface area contributed by atoms with Crippen molar-refractivity contribution in [3.8, 4) is 0 Å². The van der Waals surface area contributed by atoms with E-state index in [0.29, 0.717) is 18.8 Å². The topological polar surface area (TPSA) is 178 Å². The highest BCUT2D eigenvalue weighted by Gasteiger charge is 2.72. The van der Waals surface area contributed by atoms with E-state index in [0.717, 1.165) is 19.3 Å². The largest absolute Gasteiger partial charge is 0.455 e. The van der Waals surface area contributed by atoms with Gasteiger partial charge >= 0.3 is 39.2 Å². The van der Waals surface area contributed by atoms with E-state index in [1.165, 1.54) is 6.42 Å². The minimum Gasteiger partial charge on any atom is -0.455 e. The molecule has 5 aliphatic rings. The van der Waals surface area contributed by atoms with E-state index in [1.54, 1.807) is 0 Å². The average molecular weight is 625 g/mol. The Balaban J connectivity index is 1.18. The third-order valence-corrected chi connectivity index (χ3v) is 9.88. The number of halogens is 2. The highest BCUT2D eigenvalue weighted by Crippen LogP contribution is 2.52. The fraction of sp³-hybridized carbons (Fsp3) is 0.846. The molecule has 0 radical (unpaired) electrons. The first-order chi connectivity index (χ1) is 19.6. The van der Waals surface area contributed by atoms with Crippen LogP contribution in [0.15, 0.2) is 0 Å². The summed E-state index contributed by atoms with van der Waals surface area (Å²) in [6, 6.07) is 0. The van der Waals surface area contributed by atoms with Gasteiger partial charge in [0.2, 0.25) is 6.29 Å². The van der Waals surface area contributed by atoms with Crippen LogP contribution in [0.4, 0.5) is 8.78 Å². The molecule has 16 heteroatoms. The van der Waals surface area contributed by atoms with Crippen molar-refractivity contribution in [2.75, 3.05) is 0 Å². The fourth-order valence-corrected chi connectivity index (χ4v) is 7.20. The van der Waals surface area contributed by atoms with Gasteiger partial charge in [0.25, 0.3) is 0 Å². The van der Waals surface area contributed by atoms with Gasteiger partial charge in [-0.1, -0.05) is 13.8 Å². The van der Waals surface area contributed by atoms with E-state index >= 15 is 0 Å². The minimum atomic E-state index is -5.85. The lowest BCUT2D eigenvalue weighted by Gasteiger charge is -2.32. The van der Waals surface area contributed by atoms with Gasteiger partial charge in [0.05, 0.1) is 18.9 Å². The van der Waals surface area contributed by atoms with E-state index in [1.807, 2.05) is 13.8 Å². The molecule has 42 heavy (non-hydrogen) atoms. The van der Waals surface area contributed by atoms with Gasteiger partial charge in [-0.05, 0) is 44.4 Å². The third-order valence-electron chi connectivity index (χ3n) is 8.86. The number of ether oxygens (including phenoxy) is 6. The minimum absolute atomic E-state index is 0.0105. The second-order valence-electron chi connectivity index (χ2n) is 12.0. The molecule has 5 rings (SSSR count). The molecule has 1 N–H and O–H groups in total. The van der Waals surface area contributed by atoms with Gasteiger partial charge in [-0.15, -0.1) is 0 Å².